The molecule has 0 bridgehead atoms. The molecule has 30 heavy (non-hydrogen) atoms. The molecule has 0 aromatic carbocycles. The van der Waals surface area contributed by atoms with Crippen LogP contribution in [0.3, 0.4) is 0 Å². The van der Waals surface area contributed by atoms with E-state index in [1.165, 1.54) is 11.3 Å². The van der Waals surface area contributed by atoms with E-state index in [1.807, 2.05) is 41.6 Å². The fourth-order valence-corrected chi connectivity index (χ4v) is 5.84. The van der Waals surface area contributed by atoms with E-state index in [0.717, 1.165) is 47.6 Å². The van der Waals surface area contributed by atoms with Crippen LogP contribution in [0.5, 0.6) is 0 Å². The Morgan fingerprint density at radius 3 is 2.90 bits per heavy atom. The van der Waals surface area contributed by atoms with Crippen LogP contribution in [0.1, 0.15) is 48.0 Å². The first-order valence-electron chi connectivity index (χ1n) is 10.2. The van der Waals surface area contributed by atoms with Gasteiger partial charge in [0.15, 0.2) is 0 Å². The maximum Gasteiger partial charge on any atom is 0.272 e. The Morgan fingerprint density at radius 2 is 2.20 bits per heavy atom. The lowest BCUT2D eigenvalue weighted by Gasteiger charge is -2.35. The van der Waals surface area contributed by atoms with Crippen molar-refractivity contribution in [3.05, 3.63) is 51.5 Å². The molecule has 0 spiro atoms. The Labute approximate surface area is 182 Å². The fourth-order valence-electron chi connectivity index (χ4n) is 3.49. The van der Waals surface area contributed by atoms with Gasteiger partial charge in [-0.2, -0.15) is 8.42 Å². The minimum Gasteiger partial charge on any atom is -0.333 e. The molecule has 3 rings (SSSR count). The van der Waals surface area contributed by atoms with Crippen LogP contribution in [0.2, 0.25) is 0 Å². The highest BCUT2D eigenvalue weighted by Gasteiger charge is 2.25. The van der Waals surface area contributed by atoms with Crippen molar-refractivity contribution in [1.29, 1.82) is 0 Å². The SMILES string of the molecule is CCCOS(=O)(=O)Cc1cc(CCc2ccc(C3CNCCN3C(C)=O)cn2)cs1. The van der Waals surface area contributed by atoms with Crippen LogP contribution >= 0.6 is 11.3 Å². The number of carbonyl (C=O) groups is 1. The van der Waals surface area contributed by atoms with Crippen molar-refractivity contribution in [1.82, 2.24) is 15.2 Å². The molecular formula is C21H29N3O4S2. The Kier molecular flexibility index (Phi) is 7.99. The van der Waals surface area contributed by atoms with Gasteiger partial charge < -0.3 is 10.2 Å². The van der Waals surface area contributed by atoms with Crippen LogP contribution in [0, 0.1) is 0 Å². The van der Waals surface area contributed by atoms with E-state index < -0.39 is 10.1 Å². The number of pyridine rings is 1. The van der Waals surface area contributed by atoms with E-state index in [9.17, 15) is 13.2 Å². The maximum atomic E-state index is 11.9. The second-order valence-electron chi connectivity index (χ2n) is 7.46. The largest absolute Gasteiger partial charge is 0.333 e. The Morgan fingerprint density at radius 1 is 1.37 bits per heavy atom. The zero-order chi connectivity index (χ0) is 21.6. The van der Waals surface area contributed by atoms with Crippen LogP contribution in [0.15, 0.2) is 29.8 Å². The topological polar surface area (TPSA) is 88.6 Å². The number of aromatic nitrogens is 1. The molecule has 0 aliphatic carbocycles. The molecule has 7 nitrogen and oxygen atoms in total. The molecule has 1 fully saturated rings. The molecule has 1 aliphatic heterocycles. The maximum absolute atomic E-state index is 11.9. The van der Waals surface area contributed by atoms with Crippen molar-refractivity contribution >= 4 is 27.4 Å². The van der Waals surface area contributed by atoms with E-state index in [4.69, 9.17) is 4.18 Å². The average Bonchev–Trinajstić information content (AvgIpc) is 3.17. The van der Waals surface area contributed by atoms with Gasteiger partial charge in [0.05, 0.1) is 12.6 Å². The Balaban J connectivity index is 1.55. The summed E-state index contributed by atoms with van der Waals surface area (Å²) < 4.78 is 28.8. The lowest BCUT2D eigenvalue weighted by atomic mass is 10.0. The quantitative estimate of drug-likeness (QED) is 0.590. The Hall–Kier alpha value is -1.81. The summed E-state index contributed by atoms with van der Waals surface area (Å²) in [6, 6.07) is 6.02. The molecule has 3 heterocycles. The molecule has 1 N–H and O–H groups in total. The predicted octanol–water partition coefficient (Wildman–Crippen LogP) is 2.68. The van der Waals surface area contributed by atoms with Crippen molar-refractivity contribution in [2.24, 2.45) is 0 Å². The smallest absolute Gasteiger partial charge is 0.272 e. The van der Waals surface area contributed by atoms with Crippen molar-refractivity contribution < 1.29 is 17.4 Å². The summed E-state index contributed by atoms with van der Waals surface area (Å²) in [5, 5.41) is 5.33. The average molecular weight is 452 g/mol. The molecule has 0 radical (unpaired) electrons. The number of hydrogen-bond acceptors (Lipinski definition) is 7. The van der Waals surface area contributed by atoms with Crippen LogP contribution in [0.4, 0.5) is 0 Å². The summed E-state index contributed by atoms with van der Waals surface area (Å²) in [5.41, 5.74) is 3.12. The molecule has 164 valence electrons. The highest BCUT2D eigenvalue weighted by molar-refractivity contribution is 7.86. The molecular weight excluding hydrogens is 422 g/mol. The lowest BCUT2D eigenvalue weighted by Crippen LogP contribution is -2.47. The predicted molar refractivity (Wildman–Crippen MR) is 118 cm³/mol. The normalized spacial score (nSPS) is 17.3. The first kappa shape index (κ1) is 22.9. The summed E-state index contributed by atoms with van der Waals surface area (Å²) >= 11 is 1.45. The van der Waals surface area contributed by atoms with Crippen molar-refractivity contribution in [2.45, 2.75) is 44.9 Å². The third-order valence-electron chi connectivity index (χ3n) is 5.04. The summed E-state index contributed by atoms with van der Waals surface area (Å²) in [4.78, 5) is 19.1. The van der Waals surface area contributed by atoms with Crippen LogP contribution in [-0.2, 0) is 37.7 Å². The monoisotopic (exact) mass is 451 g/mol. The highest BCUT2D eigenvalue weighted by Crippen LogP contribution is 2.23. The van der Waals surface area contributed by atoms with Gasteiger partial charge in [0.25, 0.3) is 10.1 Å². The van der Waals surface area contributed by atoms with E-state index >= 15 is 0 Å². The molecule has 1 amide bonds. The van der Waals surface area contributed by atoms with Gasteiger partial charge in [0.2, 0.25) is 5.91 Å². The van der Waals surface area contributed by atoms with Crippen LogP contribution in [0.25, 0.3) is 0 Å². The number of aryl methyl sites for hydroxylation is 2. The van der Waals surface area contributed by atoms with Crippen molar-refractivity contribution in [2.75, 3.05) is 26.2 Å². The zero-order valence-electron chi connectivity index (χ0n) is 17.5. The molecule has 1 saturated heterocycles. The molecule has 2 aromatic rings. The third-order valence-corrected chi connectivity index (χ3v) is 7.40. The van der Waals surface area contributed by atoms with E-state index in [0.29, 0.717) is 13.0 Å². The minimum absolute atomic E-state index is 0.0223. The summed E-state index contributed by atoms with van der Waals surface area (Å²) in [7, 11) is -3.51. The molecule has 1 unspecified atom stereocenters. The van der Waals surface area contributed by atoms with Gasteiger partial charge in [-0.15, -0.1) is 11.3 Å². The van der Waals surface area contributed by atoms with Gasteiger partial charge >= 0.3 is 0 Å². The van der Waals surface area contributed by atoms with E-state index in [-0.39, 0.29) is 24.3 Å². The molecule has 2 aromatic heterocycles. The van der Waals surface area contributed by atoms with Gasteiger partial charge in [0.1, 0.15) is 5.75 Å². The zero-order valence-corrected chi connectivity index (χ0v) is 19.1. The molecule has 1 aliphatic rings. The first-order chi connectivity index (χ1) is 14.4. The van der Waals surface area contributed by atoms with Crippen LogP contribution in [-0.4, -0.2) is 50.5 Å². The molecule has 1 atom stereocenters. The van der Waals surface area contributed by atoms with E-state index in [2.05, 4.69) is 10.3 Å². The first-order valence-corrected chi connectivity index (χ1v) is 12.7. The fraction of sp³-hybridized carbons (Fsp3) is 0.524. The van der Waals surface area contributed by atoms with Gasteiger partial charge in [0, 0.05) is 43.3 Å². The second-order valence-corrected chi connectivity index (χ2v) is 10.1. The number of nitrogens with zero attached hydrogens (tertiary/aromatic N) is 2. The standard InChI is InChI=1S/C21H29N3O4S2/c1-3-10-28-30(26,27)15-20-11-17(14-29-20)4-6-19-7-5-18(12-23-19)21-13-22-8-9-24(21)16(2)25/h5,7,11-12,14,21-22H,3-4,6,8-10,13,15H2,1-2H3. The number of nitrogens with one attached hydrogen (secondary N) is 1. The van der Waals surface area contributed by atoms with Crippen molar-refractivity contribution in [3.8, 4) is 0 Å². The number of thiophene rings is 1. The van der Waals surface area contributed by atoms with Gasteiger partial charge in [-0.1, -0.05) is 13.0 Å². The number of hydrogen-bond donors (Lipinski definition) is 1. The lowest BCUT2D eigenvalue weighted by molar-refractivity contribution is -0.132. The number of rotatable bonds is 9. The number of piperazine rings is 1. The highest BCUT2D eigenvalue weighted by atomic mass is 32.2. The van der Waals surface area contributed by atoms with Crippen LogP contribution < -0.4 is 5.32 Å². The number of carbonyl (C=O) groups excluding carboxylic acids is 1. The Bertz CT molecular complexity index is 941. The number of amides is 1. The van der Waals surface area contributed by atoms with Gasteiger partial charge in [-0.25, -0.2) is 0 Å². The second kappa shape index (κ2) is 10.5. The summed E-state index contributed by atoms with van der Waals surface area (Å²) in [5.74, 6) is 0.00751. The van der Waals surface area contributed by atoms with Gasteiger partial charge in [-0.3, -0.25) is 14.0 Å². The van der Waals surface area contributed by atoms with Gasteiger partial charge in [-0.05, 0) is 47.9 Å². The summed E-state index contributed by atoms with van der Waals surface area (Å²) in [6.45, 7) is 5.98. The minimum atomic E-state index is -3.51. The van der Waals surface area contributed by atoms with Crippen molar-refractivity contribution in [3.63, 3.8) is 0 Å². The molecule has 0 saturated carbocycles. The summed E-state index contributed by atoms with van der Waals surface area (Å²) in [6.07, 6.45) is 4.10. The van der Waals surface area contributed by atoms with E-state index in [1.54, 1.807) is 6.92 Å². The molecule has 9 heteroatoms. The third kappa shape index (κ3) is 6.34.